The van der Waals surface area contributed by atoms with Crippen molar-refractivity contribution in [1.29, 1.82) is 0 Å². The molecule has 4 amide bonds. The van der Waals surface area contributed by atoms with Crippen LogP contribution < -0.4 is 27.4 Å². The molecule has 0 bridgehead atoms. The van der Waals surface area contributed by atoms with Crippen molar-refractivity contribution in [2.45, 2.75) is 50.9 Å². The van der Waals surface area contributed by atoms with Crippen molar-refractivity contribution in [2.24, 2.45) is 17.4 Å². The Kier molecular flexibility index (Phi) is 11.9. The molecular formula is C16H29N5O7S. The number of carboxylic acids is 1. The van der Waals surface area contributed by atoms with Crippen molar-refractivity contribution >= 4 is 42.2 Å². The van der Waals surface area contributed by atoms with E-state index in [0.717, 1.165) is 0 Å². The molecule has 0 aliphatic rings. The Morgan fingerprint density at radius 2 is 1.52 bits per heavy atom. The molecule has 0 aromatic rings. The quantitative estimate of drug-likeness (QED) is 0.137. The van der Waals surface area contributed by atoms with Gasteiger partial charge in [0.1, 0.15) is 18.1 Å². The first kappa shape index (κ1) is 26.6. The van der Waals surface area contributed by atoms with E-state index < -0.39 is 66.3 Å². The molecule has 0 heterocycles. The normalized spacial score (nSPS) is 15.0. The van der Waals surface area contributed by atoms with Gasteiger partial charge in [0, 0.05) is 12.2 Å². The summed E-state index contributed by atoms with van der Waals surface area (Å²) < 4.78 is 0. The van der Waals surface area contributed by atoms with Crippen molar-refractivity contribution in [3.05, 3.63) is 0 Å². The molecule has 0 fully saturated rings. The number of thiol groups is 1. The maximum atomic E-state index is 12.5. The Bertz CT molecular complexity index is 616. The third-order valence-electron chi connectivity index (χ3n) is 3.89. The Morgan fingerprint density at radius 1 is 0.966 bits per heavy atom. The minimum atomic E-state index is -1.38. The number of primary amides is 1. The fourth-order valence-electron chi connectivity index (χ4n) is 2.15. The van der Waals surface area contributed by atoms with E-state index in [-0.39, 0.29) is 18.6 Å². The third kappa shape index (κ3) is 9.58. The van der Waals surface area contributed by atoms with E-state index in [9.17, 15) is 34.2 Å². The van der Waals surface area contributed by atoms with E-state index in [2.05, 4.69) is 28.6 Å². The number of hydrogen-bond donors (Lipinski definition) is 8. The van der Waals surface area contributed by atoms with E-state index in [1.54, 1.807) is 13.8 Å². The molecule has 0 aliphatic carbocycles. The molecule has 4 atom stereocenters. The maximum absolute atomic E-state index is 12.5. The predicted octanol–water partition coefficient (Wildman–Crippen LogP) is -3.30. The number of carboxylic acid groups (broad SMARTS) is 1. The SMILES string of the molecule is CC(C)C(NC(=O)C(CO)NC(=O)C(N)CS)C(=O)NC(CCC(N)=O)C(=O)O. The molecule has 4 unspecified atom stereocenters. The van der Waals surface area contributed by atoms with Crippen molar-refractivity contribution in [2.75, 3.05) is 12.4 Å². The van der Waals surface area contributed by atoms with Gasteiger partial charge in [0.2, 0.25) is 23.6 Å². The molecule has 0 saturated heterocycles. The van der Waals surface area contributed by atoms with Crippen LogP contribution in [0.4, 0.5) is 0 Å². The number of rotatable bonds is 13. The molecule has 13 heteroatoms. The first-order valence-electron chi connectivity index (χ1n) is 8.84. The van der Waals surface area contributed by atoms with Gasteiger partial charge in [-0.3, -0.25) is 19.2 Å². The Morgan fingerprint density at radius 3 is 1.93 bits per heavy atom. The predicted molar refractivity (Wildman–Crippen MR) is 106 cm³/mol. The zero-order valence-corrected chi connectivity index (χ0v) is 17.1. The van der Waals surface area contributed by atoms with Crippen molar-refractivity contribution in [1.82, 2.24) is 16.0 Å². The van der Waals surface area contributed by atoms with E-state index >= 15 is 0 Å². The van der Waals surface area contributed by atoms with Gasteiger partial charge in [-0.25, -0.2) is 4.79 Å². The first-order valence-corrected chi connectivity index (χ1v) is 9.47. The monoisotopic (exact) mass is 435 g/mol. The summed E-state index contributed by atoms with van der Waals surface area (Å²) in [5.41, 5.74) is 10.5. The molecule has 0 saturated carbocycles. The van der Waals surface area contributed by atoms with Crippen LogP contribution in [0, 0.1) is 5.92 Å². The fourth-order valence-corrected chi connectivity index (χ4v) is 2.32. The van der Waals surface area contributed by atoms with Crippen molar-refractivity contribution in [3.8, 4) is 0 Å². The zero-order chi connectivity index (χ0) is 22.7. The minimum Gasteiger partial charge on any atom is -0.480 e. The van der Waals surface area contributed by atoms with Crippen molar-refractivity contribution in [3.63, 3.8) is 0 Å². The van der Waals surface area contributed by atoms with Gasteiger partial charge in [-0.1, -0.05) is 13.8 Å². The summed E-state index contributed by atoms with van der Waals surface area (Å²) in [6, 6.07) is -4.91. The van der Waals surface area contributed by atoms with Gasteiger partial charge < -0.3 is 37.6 Å². The molecule has 12 nitrogen and oxygen atoms in total. The van der Waals surface area contributed by atoms with E-state index in [0.29, 0.717) is 0 Å². The zero-order valence-electron chi connectivity index (χ0n) is 16.3. The lowest BCUT2D eigenvalue weighted by Crippen LogP contribution is -2.59. The Hall–Kier alpha value is -2.38. The number of nitrogens with one attached hydrogen (secondary N) is 3. The fraction of sp³-hybridized carbons (Fsp3) is 0.688. The van der Waals surface area contributed by atoms with Gasteiger partial charge in [0.15, 0.2) is 0 Å². The van der Waals surface area contributed by atoms with Crippen LogP contribution in [0.5, 0.6) is 0 Å². The molecule has 29 heavy (non-hydrogen) atoms. The van der Waals surface area contributed by atoms with Gasteiger partial charge in [0.05, 0.1) is 12.6 Å². The second kappa shape index (κ2) is 13.0. The Labute approximate surface area is 173 Å². The van der Waals surface area contributed by atoms with Gasteiger partial charge >= 0.3 is 5.97 Å². The van der Waals surface area contributed by atoms with Crippen LogP contribution in [0.2, 0.25) is 0 Å². The highest BCUT2D eigenvalue weighted by atomic mass is 32.1. The molecule has 0 rings (SSSR count). The molecule has 0 radical (unpaired) electrons. The molecule has 166 valence electrons. The highest BCUT2D eigenvalue weighted by molar-refractivity contribution is 7.80. The molecule has 9 N–H and O–H groups in total. The number of carbonyl (C=O) groups excluding carboxylic acids is 4. The summed E-state index contributed by atoms with van der Waals surface area (Å²) in [4.78, 5) is 58.8. The highest BCUT2D eigenvalue weighted by Crippen LogP contribution is 2.05. The average Bonchev–Trinajstić information content (AvgIpc) is 2.65. The van der Waals surface area contributed by atoms with Crippen LogP contribution in [0.3, 0.4) is 0 Å². The van der Waals surface area contributed by atoms with Crippen LogP contribution in [-0.2, 0) is 24.0 Å². The van der Waals surface area contributed by atoms with Crippen LogP contribution in [0.25, 0.3) is 0 Å². The number of aliphatic hydroxyl groups excluding tert-OH is 1. The number of nitrogens with two attached hydrogens (primary N) is 2. The molecule has 0 spiro atoms. The second-order valence-electron chi connectivity index (χ2n) is 6.67. The van der Waals surface area contributed by atoms with Gasteiger partial charge in [-0.05, 0) is 12.3 Å². The van der Waals surface area contributed by atoms with E-state index in [1.807, 2.05) is 0 Å². The van der Waals surface area contributed by atoms with Crippen LogP contribution in [0.15, 0.2) is 0 Å². The number of hydrogen-bond acceptors (Lipinski definition) is 8. The standard InChI is InChI=1S/C16H29N5O7S/c1-7(2)12(15(26)19-9(16(27)28)3-4-11(18)23)21-14(25)10(5-22)20-13(24)8(17)6-29/h7-10,12,22,29H,3-6,17H2,1-2H3,(H2,18,23)(H,19,26)(H,20,24)(H,21,25)(H,27,28). The summed E-state index contributed by atoms with van der Waals surface area (Å²) in [5, 5.41) is 25.4. The molecule has 0 aromatic heterocycles. The lowest BCUT2D eigenvalue weighted by Gasteiger charge is -2.26. The van der Waals surface area contributed by atoms with Crippen LogP contribution in [-0.4, -0.2) is 76.3 Å². The van der Waals surface area contributed by atoms with Crippen molar-refractivity contribution < 1.29 is 34.2 Å². The first-order chi connectivity index (χ1) is 13.4. The largest absolute Gasteiger partial charge is 0.480 e. The maximum Gasteiger partial charge on any atom is 0.326 e. The lowest BCUT2D eigenvalue weighted by molar-refractivity contribution is -0.143. The molecule has 0 aliphatic heterocycles. The smallest absolute Gasteiger partial charge is 0.326 e. The highest BCUT2D eigenvalue weighted by Gasteiger charge is 2.31. The number of aliphatic carboxylic acids is 1. The Balaban J connectivity index is 5.16. The van der Waals surface area contributed by atoms with Gasteiger partial charge in [-0.2, -0.15) is 12.6 Å². The van der Waals surface area contributed by atoms with E-state index in [4.69, 9.17) is 11.5 Å². The average molecular weight is 436 g/mol. The third-order valence-corrected chi connectivity index (χ3v) is 4.28. The summed E-state index contributed by atoms with van der Waals surface area (Å²) in [6.07, 6.45) is -0.466. The molecule has 0 aromatic carbocycles. The summed E-state index contributed by atoms with van der Waals surface area (Å²) in [5.74, 6) is -4.90. The van der Waals surface area contributed by atoms with Crippen LogP contribution >= 0.6 is 12.6 Å². The summed E-state index contributed by atoms with van der Waals surface area (Å²) in [6.45, 7) is 2.46. The summed E-state index contributed by atoms with van der Waals surface area (Å²) >= 11 is 3.87. The second-order valence-corrected chi connectivity index (χ2v) is 7.03. The number of amides is 4. The topological polar surface area (TPSA) is 214 Å². The molecular weight excluding hydrogens is 406 g/mol. The van der Waals surface area contributed by atoms with E-state index in [1.165, 1.54) is 0 Å². The number of carbonyl (C=O) groups is 5. The number of aliphatic hydroxyl groups is 1. The lowest BCUT2D eigenvalue weighted by atomic mass is 10.0. The summed E-state index contributed by atoms with van der Waals surface area (Å²) in [7, 11) is 0. The van der Waals surface area contributed by atoms with Crippen LogP contribution in [0.1, 0.15) is 26.7 Å². The minimum absolute atomic E-state index is 0.0184. The van der Waals surface area contributed by atoms with Gasteiger partial charge in [0.25, 0.3) is 0 Å². The van der Waals surface area contributed by atoms with Gasteiger partial charge in [-0.15, -0.1) is 0 Å².